The number of hydrogen-bond donors (Lipinski definition) is 1. The monoisotopic (exact) mass is 292 g/mol. The molecule has 0 unspecified atom stereocenters. The summed E-state index contributed by atoms with van der Waals surface area (Å²) in [6.45, 7) is -0.0463. The Bertz CT molecular complexity index is 597. The van der Waals surface area contributed by atoms with Gasteiger partial charge in [-0.1, -0.05) is 12.8 Å². The topological polar surface area (TPSA) is 58.6 Å². The third kappa shape index (κ3) is 2.24. The largest absolute Gasteiger partial charge is 0.494 e. The van der Waals surface area contributed by atoms with Gasteiger partial charge in [0.05, 0.1) is 7.11 Å². The Hall–Kier alpha value is -2.11. The first-order valence-electron chi connectivity index (χ1n) is 7.02. The van der Waals surface area contributed by atoms with Crippen LogP contribution in [-0.4, -0.2) is 31.0 Å². The highest BCUT2D eigenvalue weighted by molar-refractivity contribution is 6.09. The van der Waals surface area contributed by atoms with Crippen molar-refractivity contribution in [2.45, 2.75) is 31.2 Å². The molecule has 1 saturated carbocycles. The molecule has 1 saturated heterocycles. The van der Waals surface area contributed by atoms with Crippen LogP contribution in [0.5, 0.6) is 5.75 Å². The molecule has 2 fully saturated rings. The second-order valence-corrected chi connectivity index (χ2v) is 5.55. The van der Waals surface area contributed by atoms with Crippen LogP contribution in [0.3, 0.4) is 0 Å². The van der Waals surface area contributed by atoms with Gasteiger partial charge in [0.2, 0.25) is 5.91 Å². The molecule has 1 heterocycles. The molecule has 21 heavy (non-hydrogen) atoms. The number of nitrogens with one attached hydrogen (secondary N) is 1. The van der Waals surface area contributed by atoms with Crippen LogP contribution in [0.25, 0.3) is 0 Å². The summed E-state index contributed by atoms with van der Waals surface area (Å²) in [5.74, 6) is -0.731. The molecule has 112 valence electrons. The number of ether oxygens (including phenoxy) is 1. The first-order chi connectivity index (χ1) is 10.1. The minimum absolute atomic E-state index is 0.0463. The normalized spacial score (nSPS) is 20.8. The molecule has 6 heteroatoms. The maximum atomic E-state index is 13.5. The molecule has 0 radical (unpaired) electrons. The lowest BCUT2D eigenvalue weighted by Gasteiger charge is -2.39. The van der Waals surface area contributed by atoms with Gasteiger partial charge in [0, 0.05) is 11.8 Å². The minimum Gasteiger partial charge on any atom is -0.494 e. The molecular weight excluding hydrogens is 275 g/mol. The summed E-state index contributed by atoms with van der Waals surface area (Å²) in [6, 6.07) is 4.20. The van der Waals surface area contributed by atoms with E-state index >= 15 is 0 Å². The number of carbonyl (C=O) groups excluding carboxylic acids is 2. The molecule has 0 bridgehead atoms. The van der Waals surface area contributed by atoms with E-state index in [-0.39, 0.29) is 24.1 Å². The van der Waals surface area contributed by atoms with Crippen molar-refractivity contribution in [1.82, 2.24) is 5.32 Å². The Morgan fingerprint density at radius 2 is 2.00 bits per heavy atom. The Morgan fingerprint density at radius 3 is 2.67 bits per heavy atom. The molecule has 2 aliphatic rings. The predicted molar refractivity (Wildman–Crippen MR) is 74.6 cm³/mol. The molecule has 1 aliphatic carbocycles. The maximum Gasteiger partial charge on any atom is 0.253 e. The van der Waals surface area contributed by atoms with E-state index in [0.29, 0.717) is 18.5 Å². The summed E-state index contributed by atoms with van der Waals surface area (Å²) in [5, 5.41) is 2.85. The van der Waals surface area contributed by atoms with E-state index in [1.54, 1.807) is 0 Å². The van der Waals surface area contributed by atoms with Gasteiger partial charge in [0.15, 0.2) is 11.6 Å². The van der Waals surface area contributed by atoms with Crippen molar-refractivity contribution in [3.8, 4) is 5.75 Å². The number of piperazine rings is 1. The lowest BCUT2D eigenvalue weighted by Crippen LogP contribution is -2.65. The number of anilines is 1. The summed E-state index contributed by atoms with van der Waals surface area (Å²) in [5.41, 5.74) is -0.295. The standard InChI is InChI=1S/C15H17FN2O3/c1-21-12-8-10(4-5-11(12)16)18-9-13(19)17-15(14(18)20)6-2-3-7-15/h4-5,8H,2-3,6-7,9H2,1H3,(H,17,19). The fourth-order valence-electron chi connectivity index (χ4n) is 3.18. The second kappa shape index (κ2) is 5.02. The van der Waals surface area contributed by atoms with Gasteiger partial charge >= 0.3 is 0 Å². The molecular formula is C15H17FN2O3. The van der Waals surface area contributed by atoms with Crippen LogP contribution >= 0.6 is 0 Å². The molecule has 1 N–H and O–H groups in total. The number of halogens is 1. The average Bonchev–Trinajstić information content (AvgIpc) is 2.93. The molecule has 0 atom stereocenters. The van der Waals surface area contributed by atoms with Crippen LogP contribution < -0.4 is 15.0 Å². The number of hydrogen-bond acceptors (Lipinski definition) is 3. The number of benzene rings is 1. The highest BCUT2D eigenvalue weighted by Crippen LogP contribution is 2.35. The van der Waals surface area contributed by atoms with Crippen molar-refractivity contribution < 1.29 is 18.7 Å². The van der Waals surface area contributed by atoms with Crippen molar-refractivity contribution in [2.24, 2.45) is 0 Å². The van der Waals surface area contributed by atoms with Gasteiger partial charge in [0.1, 0.15) is 12.1 Å². The number of rotatable bonds is 2. The van der Waals surface area contributed by atoms with Crippen LogP contribution in [0.2, 0.25) is 0 Å². The van der Waals surface area contributed by atoms with Crippen molar-refractivity contribution >= 4 is 17.5 Å². The maximum absolute atomic E-state index is 13.5. The Morgan fingerprint density at radius 1 is 1.29 bits per heavy atom. The lowest BCUT2D eigenvalue weighted by molar-refractivity contribution is -0.135. The SMILES string of the molecule is COc1cc(N2CC(=O)NC3(CCCC3)C2=O)ccc1F. The van der Waals surface area contributed by atoms with E-state index in [4.69, 9.17) is 4.74 Å². The lowest BCUT2D eigenvalue weighted by atomic mass is 9.92. The third-order valence-corrected chi connectivity index (χ3v) is 4.24. The molecule has 2 amide bonds. The summed E-state index contributed by atoms with van der Waals surface area (Å²) >= 11 is 0. The van der Waals surface area contributed by atoms with Crippen LogP contribution in [-0.2, 0) is 9.59 Å². The van der Waals surface area contributed by atoms with E-state index in [0.717, 1.165) is 12.8 Å². The van der Waals surface area contributed by atoms with Gasteiger partial charge in [-0.05, 0) is 25.0 Å². The number of amides is 2. The van der Waals surface area contributed by atoms with E-state index in [1.807, 2.05) is 0 Å². The average molecular weight is 292 g/mol. The fourth-order valence-corrected chi connectivity index (χ4v) is 3.18. The smallest absolute Gasteiger partial charge is 0.253 e. The summed E-state index contributed by atoms with van der Waals surface area (Å²) < 4.78 is 18.4. The van der Waals surface area contributed by atoms with E-state index < -0.39 is 11.4 Å². The van der Waals surface area contributed by atoms with Crippen molar-refractivity contribution in [2.75, 3.05) is 18.6 Å². The Kier molecular flexibility index (Phi) is 3.31. The van der Waals surface area contributed by atoms with E-state index in [2.05, 4.69) is 5.32 Å². The Balaban J connectivity index is 1.97. The molecule has 1 spiro atoms. The van der Waals surface area contributed by atoms with Crippen LogP contribution in [0.1, 0.15) is 25.7 Å². The molecule has 1 aromatic carbocycles. The summed E-state index contributed by atoms with van der Waals surface area (Å²) in [6.07, 6.45) is 3.16. The van der Waals surface area contributed by atoms with Crippen molar-refractivity contribution in [3.63, 3.8) is 0 Å². The Labute approximate surface area is 122 Å². The fraction of sp³-hybridized carbons (Fsp3) is 0.467. The molecule has 3 rings (SSSR count). The second-order valence-electron chi connectivity index (χ2n) is 5.55. The van der Waals surface area contributed by atoms with Crippen molar-refractivity contribution in [1.29, 1.82) is 0 Å². The first-order valence-corrected chi connectivity index (χ1v) is 7.02. The molecule has 1 aromatic rings. The zero-order valence-electron chi connectivity index (χ0n) is 11.8. The van der Waals surface area contributed by atoms with E-state index in [1.165, 1.54) is 30.2 Å². The number of methoxy groups -OCH3 is 1. The zero-order chi connectivity index (χ0) is 15.0. The van der Waals surface area contributed by atoms with Gasteiger partial charge in [-0.2, -0.15) is 0 Å². The zero-order valence-corrected chi connectivity index (χ0v) is 11.8. The molecule has 0 aromatic heterocycles. The summed E-state index contributed by atoms with van der Waals surface area (Å²) in [4.78, 5) is 26.1. The highest BCUT2D eigenvalue weighted by Gasteiger charge is 2.48. The quantitative estimate of drug-likeness (QED) is 0.901. The van der Waals surface area contributed by atoms with Gasteiger partial charge < -0.3 is 15.0 Å². The molecule has 5 nitrogen and oxygen atoms in total. The number of carbonyl (C=O) groups is 2. The van der Waals surface area contributed by atoms with Crippen LogP contribution in [0.15, 0.2) is 18.2 Å². The van der Waals surface area contributed by atoms with Gasteiger partial charge in [-0.3, -0.25) is 9.59 Å². The van der Waals surface area contributed by atoms with Crippen molar-refractivity contribution in [3.05, 3.63) is 24.0 Å². The highest BCUT2D eigenvalue weighted by atomic mass is 19.1. The van der Waals surface area contributed by atoms with Gasteiger partial charge in [-0.15, -0.1) is 0 Å². The van der Waals surface area contributed by atoms with Crippen LogP contribution in [0, 0.1) is 5.82 Å². The van der Waals surface area contributed by atoms with Gasteiger partial charge in [-0.25, -0.2) is 4.39 Å². The third-order valence-electron chi connectivity index (χ3n) is 4.24. The van der Waals surface area contributed by atoms with Gasteiger partial charge in [0.25, 0.3) is 5.91 Å². The van der Waals surface area contributed by atoms with Crippen LogP contribution in [0.4, 0.5) is 10.1 Å². The number of nitrogens with zero attached hydrogens (tertiary/aromatic N) is 1. The first kappa shape index (κ1) is 13.9. The predicted octanol–water partition coefficient (Wildman–Crippen LogP) is 1.61. The van der Waals surface area contributed by atoms with E-state index in [9.17, 15) is 14.0 Å². The molecule has 1 aliphatic heterocycles. The minimum atomic E-state index is -0.781. The summed E-state index contributed by atoms with van der Waals surface area (Å²) in [7, 11) is 1.37.